The predicted molar refractivity (Wildman–Crippen MR) is 97.9 cm³/mol. The van der Waals surface area contributed by atoms with Crippen molar-refractivity contribution >= 4 is 5.91 Å². The molecule has 0 bridgehead atoms. The van der Waals surface area contributed by atoms with Gasteiger partial charge in [0.25, 0.3) is 5.91 Å². The van der Waals surface area contributed by atoms with Crippen molar-refractivity contribution in [1.82, 2.24) is 5.32 Å². The van der Waals surface area contributed by atoms with Crippen LogP contribution >= 0.6 is 0 Å². The van der Waals surface area contributed by atoms with Gasteiger partial charge < -0.3 is 19.5 Å². The smallest absolute Gasteiger partial charge is 0.258 e. The summed E-state index contributed by atoms with van der Waals surface area (Å²) in [7, 11) is 0. The van der Waals surface area contributed by atoms with Crippen LogP contribution in [-0.4, -0.2) is 31.8 Å². The van der Waals surface area contributed by atoms with Gasteiger partial charge in [0.15, 0.2) is 18.1 Å². The van der Waals surface area contributed by atoms with E-state index >= 15 is 0 Å². The van der Waals surface area contributed by atoms with Crippen molar-refractivity contribution in [2.24, 2.45) is 0 Å². The third-order valence-corrected chi connectivity index (χ3v) is 4.81. The first kappa shape index (κ1) is 16.8. The van der Waals surface area contributed by atoms with E-state index in [9.17, 15) is 4.79 Å². The molecule has 2 aliphatic rings. The summed E-state index contributed by atoms with van der Waals surface area (Å²) in [5.74, 6) is 2.14. The van der Waals surface area contributed by atoms with Gasteiger partial charge in [-0.05, 0) is 55.0 Å². The van der Waals surface area contributed by atoms with Gasteiger partial charge >= 0.3 is 0 Å². The van der Waals surface area contributed by atoms with Crippen molar-refractivity contribution in [3.05, 3.63) is 53.6 Å². The van der Waals surface area contributed by atoms with Gasteiger partial charge in [-0.15, -0.1) is 0 Å². The maximum absolute atomic E-state index is 12.1. The molecule has 2 aromatic carbocycles. The molecule has 1 aliphatic carbocycles. The van der Waals surface area contributed by atoms with E-state index in [0.29, 0.717) is 18.9 Å². The van der Waals surface area contributed by atoms with E-state index in [1.54, 1.807) is 0 Å². The lowest BCUT2D eigenvalue weighted by Crippen LogP contribution is -2.42. The highest BCUT2D eigenvalue weighted by molar-refractivity contribution is 5.77. The highest BCUT2D eigenvalue weighted by Crippen LogP contribution is 2.31. The quantitative estimate of drug-likeness (QED) is 0.898. The SMILES string of the molecule is O=C(COc1cccc2c1CCCC2)NC[C@@H]1COc2ccccc2O1. The number of hydrogen-bond acceptors (Lipinski definition) is 4. The number of carbonyl (C=O) groups is 1. The Morgan fingerprint density at radius 1 is 1.08 bits per heavy atom. The van der Waals surface area contributed by atoms with Gasteiger partial charge in [0.2, 0.25) is 0 Å². The van der Waals surface area contributed by atoms with Gasteiger partial charge in [0, 0.05) is 0 Å². The number of fused-ring (bicyclic) bond motifs is 2. The molecular weight excluding hydrogens is 330 g/mol. The first-order chi connectivity index (χ1) is 12.8. The van der Waals surface area contributed by atoms with E-state index < -0.39 is 0 Å². The van der Waals surface area contributed by atoms with E-state index in [0.717, 1.165) is 24.3 Å². The molecule has 1 N–H and O–H groups in total. The van der Waals surface area contributed by atoms with Crippen LogP contribution in [-0.2, 0) is 17.6 Å². The highest BCUT2D eigenvalue weighted by atomic mass is 16.6. The summed E-state index contributed by atoms with van der Waals surface area (Å²) in [5, 5.41) is 2.86. The van der Waals surface area contributed by atoms with Gasteiger partial charge in [0.05, 0.1) is 6.54 Å². The maximum atomic E-state index is 12.1. The third kappa shape index (κ3) is 3.77. The Morgan fingerprint density at radius 2 is 1.92 bits per heavy atom. The Kier molecular flexibility index (Phi) is 4.95. The first-order valence-corrected chi connectivity index (χ1v) is 9.18. The Morgan fingerprint density at radius 3 is 2.85 bits per heavy atom. The first-order valence-electron chi connectivity index (χ1n) is 9.18. The minimum atomic E-state index is -0.196. The fraction of sp³-hybridized carbons (Fsp3) is 0.381. The van der Waals surface area contributed by atoms with Gasteiger partial charge in [0.1, 0.15) is 18.5 Å². The molecule has 0 unspecified atom stereocenters. The summed E-state index contributed by atoms with van der Waals surface area (Å²) >= 11 is 0. The topological polar surface area (TPSA) is 56.8 Å². The Hall–Kier alpha value is -2.69. The molecule has 0 aromatic heterocycles. The van der Waals surface area contributed by atoms with Crippen LogP contribution in [0, 0.1) is 0 Å². The zero-order valence-corrected chi connectivity index (χ0v) is 14.7. The Labute approximate surface area is 153 Å². The summed E-state index contributed by atoms with van der Waals surface area (Å²) in [5.41, 5.74) is 2.60. The molecule has 1 heterocycles. The normalized spacial score (nSPS) is 17.9. The second kappa shape index (κ2) is 7.68. The highest BCUT2D eigenvalue weighted by Gasteiger charge is 2.21. The number of aryl methyl sites for hydroxylation is 1. The van der Waals surface area contributed by atoms with Gasteiger partial charge in [-0.2, -0.15) is 0 Å². The van der Waals surface area contributed by atoms with Crippen LogP contribution in [0.15, 0.2) is 42.5 Å². The minimum Gasteiger partial charge on any atom is -0.486 e. The molecule has 1 atom stereocenters. The molecule has 0 saturated heterocycles. The summed E-state index contributed by atoms with van der Waals surface area (Å²) in [4.78, 5) is 12.1. The van der Waals surface area contributed by atoms with Crippen molar-refractivity contribution in [1.29, 1.82) is 0 Å². The second-order valence-electron chi connectivity index (χ2n) is 6.69. The lowest BCUT2D eigenvalue weighted by atomic mass is 9.91. The number of hydrogen-bond donors (Lipinski definition) is 1. The molecule has 0 radical (unpaired) electrons. The molecular formula is C21H23NO4. The number of ether oxygens (including phenoxy) is 3. The summed E-state index contributed by atoms with van der Waals surface area (Å²) in [6.07, 6.45) is 4.33. The average molecular weight is 353 g/mol. The molecule has 26 heavy (non-hydrogen) atoms. The van der Waals surface area contributed by atoms with Crippen LogP contribution in [0.25, 0.3) is 0 Å². The number of benzene rings is 2. The van der Waals surface area contributed by atoms with E-state index in [1.165, 1.54) is 24.0 Å². The summed E-state index contributed by atoms with van der Waals surface area (Å²) in [6, 6.07) is 13.7. The number of nitrogens with one attached hydrogen (secondary N) is 1. The fourth-order valence-electron chi connectivity index (χ4n) is 3.47. The summed E-state index contributed by atoms with van der Waals surface area (Å²) < 4.78 is 17.3. The van der Waals surface area contributed by atoms with Crippen LogP contribution in [0.2, 0.25) is 0 Å². The zero-order chi connectivity index (χ0) is 17.8. The molecule has 0 spiro atoms. The average Bonchev–Trinajstić information content (AvgIpc) is 2.70. The number of amides is 1. The minimum absolute atomic E-state index is 0.0145. The van der Waals surface area contributed by atoms with Crippen molar-refractivity contribution in [3.63, 3.8) is 0 Å². The lowest BCUT2D eigenvalue weighted by Gasteiger charge is -2.26. The molecule has 5 heteroatoms. The lowest BCUT2D eigenvalue weighted by molar-refractivity contribution is -0.123. The number of rotatable bonds is 5. The van der Waals surface area contributed by atoms with Crippen LogP contribution < -0.4 is 19.5 Å². The van der Waals surface area contributed by atoms with Crippen molar-refractivity contribution < 1.29 is 19.0 Å². The molecule has 0 fully saturated rings. The standard InChI is InChI=1S/C21H23NO4/c23-21(14-25-18-11-5-7-15-6-1-2-8-17(15)18)22-12-16-13-24-19-9-3-4-10-20(19)26-16/h3-5,7,9-11,16H,1-2,6,8,12-14H2,(H,22,23)/t16-/m1/s1. The Bertz CT molecular complexity index is 789. The van der Waals surface area contributed by atoms with Crippen LogP contribution in [0.1, 0.15) is 24.0 Å². The molecule has 4 rings (SSSR count). The second-order valence-corrected chi connectivity index (χ2v) is 6.69. The third-order valence-electron chi connectivity index (χ3n) is 4.81. The number of para-hydroxylation sites is 2. The van der Waals surface area contributed by atoms with E-state index in [2.05, 4.69) is 11.4 Å². The van der Waals surface area contributed by atoms with Crippen molar-refractivity contribution in [2.75, 3.05) is 19.8 Å². The van der Waals surface area contributed by atoms with Gasteiger partial charge in [-0.25, -0.2) is 0 Å². The Balaban J connectivity index is 1.27. The summed E-state index contributed by atoms with van der Waals surface area (Å²) in [6.45, 7) is 0.828. The van der Waals surface area contributed by atoms with Gasteiger partial charge in [-0.3, -0.25) is 4.79 Å². The zero-order valence-electron chi connectivity index (χ0n) is 14.7. The molecule has 136 valence electrons. The molecule has 2 aromatic rings. The van der Waals surface area contributed by atoms with E-state index in [-0.39, 0.29) is 18.6 Å². The fourth-order valence-corrected chi connectivity index (χ4v) is 3.47. The van der Waals surface area contributed by atoms with E-state index in [4.69, 9.17) is 14.2 Å². The predicted octanol–water partition coefficient (Wildman–Crippen LogP) is 2.90. The van der Waals surface area contributed by atoms with Crippen LogP contribution in [0.4, 0.5) is 0 Å². The largest absolute Gasteiger partial charge is 0.486 e. The van der Waals surface area contributed by atoms with Gasteiger partial charge in [-0.1, -0.05) is 24.3 Å². The number of carbonyl (C=O) groups excluding carboxylic acids is 1. The van der Waals surface area contributed by atoms with Crippen LogP contribution in [0.3, 0.4) is 0 Å². The molecule has 1 amide bonds. The van der Waals surface area contributed by atoms with Crippen molar-refractivity contribution in [2.45, 2.75) is 31.8 Å². The molecule has 0 saturated carbocycles. The van der Waals surface area contributed by atoms with Crippen LogP contribution in [0.5, 0.6) is 17.2 Å². The van der Waals surface area contributed by atoms with Crippen molar-refractivity contribution in [3.8, 4) is 17.2 Å². The molecule has 1 aliphatic heterocycles. The monoisotopic (exact) mass is 353 g/mol. The molecule has 5 nitrogen and oxygen atoms in total. The van der Waals surface area contributed by atoms with E-state index in [1.807, 2.05) is 36.4 Å². The maximum Gasteiger partial charge on any atom is 0.258 e.